The minimum absolute atomic E-state index is 0. The van der Waals surface area contributed by atoms with Crippen LogP contribution in [0.4, 0.5) is 0 Å². The summed E-state index contributed by atoms with van der Waals surface area (Å²) in [4.78, 5) is 0. The van der Waals surface area contributed by atoms with Gasteiger partial charge in [0.2, 0.25) is 0 Å². The summed E-state index contributed by atoms with van der Waals surface area (Å²) in [7, 11) is 0. The second kappa shape index (κ2) is 136. The highest BCUT2D eigenvalue weighted by atomic mass is 32.1. The normalized spacial score (nSPS) is 2.50. The molecule has 0 nitrogen and oxygen atoms in total. The maximum atomic E-state index is 3.80. The fourth-order valence-electron chi connectivity index (χ4n) is 0. The average molecular weight is 170 g/mol. The first-order valence-electron chi connectivity index (χ1n) is 1.13. The molecule has 0 rings (SSSR count). The molecule has 10 heavy (non-hydrogen) atoms. The molecular formula is C9H30S. The van der Waals surface area contributed by atoms with Crippen molar-refractivity contribution < 1.29 is 0 Å². The Hall–Kier alpha value is 0.0900. The van der Waals surface area contributed by atoms with Crippen molar-refractivity contribution >= 4 is 12.6 Å². The molecule has 0 amide bonds. The fraction of sp³-hybridized carbons (Fsp3) is 0.778. The Morgan fingerprint density at radius 3 is 1.00 bits per heavy atom. The largest absolute Gasteiger partial charge is 0.175 e. The molecule has 0 spiro atoms. The van der Waals surface area contributed by atoms with Crippen molar-refractivity contribution in [1.29, 1.82) is 0 Å². The van der Waals surface area contributed by atoms with E-state index >= 15 is 0 Å². The zero-order chi connectivity index (χ0) is 3.41. The molecule has 0 aliphatic heterocycles. The monoisotopic (exact) mass is 170 g/mol. The molecule has 0 unspecified atom stereocenters. The molecule has 0 heterocycles. The fourth-order valence-corrected chi connectivity index (χ4v) is 0. The predicted octanol–water partition coefficient (Wildman–Crippen LogP) is 4.92. The van der Waals surface area contributed by atoms with Crippen molar-refractivity contribution in [3.05, 3.63) is 12.7 Å². The molecule has 0 fully saturated rings. The minimum atomic E-state index is 0. The second-order valence-corrected chi connectivity index (χ2v) is 0.836. The molecule has 0 saturated heterocycles. The Morgan fingerprint density at radius 1 is 0.900 bits per heavy atom. The van der Waals surface area contributed by atoms with Crippen LogP contribution < -0.4 is 0 Å². The first kappa shape index (κ1) is 87.3. The zero-order valence-corrected chi connectivity index (χ0v) is 3.33. The van der Waals surface area contributed by atoms with Crippen molar-refractivity contribution in [3.8, 4) is 0 Å². The van der Waals surface area contributed by atoms with E-state index < -0.39 is 0 Å². The van der Waals surface area contributed by atoms with Crippen LogP contribution in [0, 0.1) is 0 Å². The van der Waals surface area contributed by atoms with Crippen molar-refractivity contribution in [2.24, 2.45) is 0 Å². The van der Waals surface area contributed by atoms with Crippen molar-refractivity contribution in [3.63, 3.8) is 0 Å². The van der Waals surface area contributed by atoms with Gasteiger partial charge in [0.25, 0.3) is 0 Å². The maximum Gasteiger partial charge on any atom is 0.00799 e. The third-order valence-electron chi connectivity index (χ3n) is 0.129. The molecule has 0 aromatic heterocycles. The molecule has 0 aromatic rings. The lowest BCUT2D eigenvalue weighted by atomic mass is 10.8. The SMILES string of the molecule is C.C.C.C.C.C.C=CCS. The summed E-state index contributed by atoms with van der Waals surface area (Å²) in [5, 5.41) is 0. The molecule has 0 bridgehead atoms. The smallest absolute Gasteiger partial charge is 0.00799 e. The highest BCUT2D eigenvalue weighted by molar-refractivity contribution is 7.80. The van der Waals surface area contributed by atoms with E-state index in [1.165, 1.54) is 0 Å². The summed E-state index contributed by atoms with van der Waals surface area (Å²) in [6.45, 7) is 3.40. The van der Waals surface area contributed by atoms with E-state index in [0.717, 1.165) is 5.75 Å². The molecule has 0 saturated carbocycles. The third kappa shape index (κ3) is 342. The van der Waals surface area contributed by atoms with Gasteiger partial charge in [-0.05, 0) is 0 Å². The van der Waals surface area contributed by atoms with Gasteiger partial charge in [0.1, 0.15) is 0 Å². The number of hydrogen-bond donors (Lipinski definition) is 1. The van der Waals surface area contributed by atoms with Gasteiger partial charge in [0.05, 0.1) is 0 Å². The predicted molar refractivity (Wildman–Crippen MR) is 64.4 cm³/mol. The summed E-state index contributed by atoms with van der Waals surface area (Å²) in [5.41, 5.74) is 0. The van der Waals surface area contributed by atoms with Crippen LogP contribution in [0.25, 0.3) is 0 Å². The number of rotatable bonds is 1. The Labute approximate surface area is 76.2 Å². The first-order chi connectivity index (χ1) is 1.91. The summed E-state index contributed by atoms with van der Waals surface area (Å²) in [6, 6.07) is 0. The third-order valence-corrected chi connectivity index (χ3v) is 0.387. The molecule has 0 atom stereocenters. The molecule has 0 N–H and O–H groups in total. The van der Waals surface area contributed by atoms with Crippen molar-refractivity contribution in [2.75, 3.05) is 5.75 Å². The van der Waals surface area contributed by atoms with Crippen LogP contribution in [0.1, 0.15) is 44.6 Å². The minimum Gasteiger partial charge on any atom is -0.175 e. The van der Waals surface area contributed by atoms with Gasteiger partial charge < -0.3 is 0 Å². The van der Waals surface area contributed by atoms with Crippen LogP contribution >= 0.6 is 12.6 Å². The quantitative estimate of drug-likeness (QED) is 0.419. The van der Waals surface area contributed by atoms with E-state index in [-0.39, 0.29) is 44.6 Å². The van der Waals surface area contributed by atoms with Crippen LogP contribution in [0.15, 0.2) is 12.7 Å². The molecule has 0 aromatic carbocycles. The van der Waals surface area contributed by atoms with Crippen molar-refractivity contribution in [1.82, 2.24) is 0 Å². The first-order valence-corrected chi connectivity index (χ1v) is 1.77. The summed E-state index contributed by atoms with van der Waals surface area (Å²) < 4.78 is 0. The Bertz CT molecular complexity index is 18.7. The van der Waals surface area contributed by atoms with E-state index in [1.807, 2.05) is 0 Å². The number of hydrogen-bond acceptors (Lipinski definition) is 1. The maximum absolute atomic E-state index is 3.80. The summed E-state index contributed by atoms with van der Waals surface area (Å²) in [6.07, 6.45) is 1.74. The molecule has 0 aliphatic carbocycles. The second-order valence-electron chi connectivity index (χ2n) is 0.471. The van der Waals surface area contributed by atoms with Gasteiger partial charge in [0, 0.05) is 5.75 Å². The van der Waals surface area contributed by atoms with Gasteiger partial charge in [-0.1, -0.05) is 50.6 Å². The van der Waals surface area contributed by atoms with Crippen LogP contribution in [-0.2, 0) is 0 Å². The number of thiol groups is 1. The Morgan fingerprint density at radius 2 is 1.00 bits per heavy atom. The van der Waals surface area contributed by atoms with Gasteiger partial charge >= 0.3 is 0 Å². The van der Waals surface area contributed by atoms with E-state index in [4.69, 9.17) is 0 Å². The average Bonchev–Trinajstić information content (AvgIpc) is 1.37. The van der Waals surface area contributed by atoms with E-state index in [0.29, 0.717) is 0 Å². The zero-order valence-electron chi connectivity index (χ0n) is 2.44. The molecule has 1 heteroatoms. The van der Waals surface area contributed by atoms with Crippen LogP contribution in [0.5, 0.6) is 0 Å². The molecule has 0 aliphatic rings. The highest BCUT2D eigenvalue weighted by Crippen LogP contribution is 1.65. The van der Waals surface area contributed by atoms with Gasteiger partial charge in [-0.2, -0.15) is 12.6 Å². The van der Waals surface area contributed by atoms with Crippen LogP contribution in [-0.4, -0.2) is 5.75 Å². The van der Waals surface area contributed by atoms with Gasteiger partial charge in [-0.3, -0.25) is 0 Å². The Balaban J connectivity index is -0.00000000300. The van der Waals surface area contributed by atoms with Crippen LogP contribution in [0.3, 0.4) is 0 Å². The van der Waals surface area contributed by atoms with E-state index in [1.54, 1.807) is 6.08 Å². The lowest BCUT2D eigenvalue weighted by Gasteiger charge is -1.57. The molecular weight excluding hydrogens is 140 g/mol. The highest BCUT2D eigenvalue weighted by Gasteiger charge is 1.45. The molecule has 0 radical (unpaired) electrons. The van der Waals surface area contributed by atoms with Crippen molar-refractivity contribution in [2.45, 2.75) is 44.6 Å². The molecule has 72 valence electrons. The topological polar surface area (TPSA) is 0 Å². The van der Waals surface area contributed by atoms with E-state index in [2.05, 4.69) is 19.2 Å². The summed E-state index contributed by atoms with van der Waals surface area (Å²) >= 11 is 3.80. The lowest BCUT2D eigenvalue weighted by Crippen LogP contribution is -1.45. The van der Waals surface area contributed by atoms with Crippen LogP contribution in [0.2, 0.25) is 0 Å². The standard InChI is InChI=1S/C3H6S.6CH4/c1-2-3-4;;;;;;/h2,4H,1,3H2;6*1H4. The van der Waals surface area contributed by atoms with Gasteiger partial charge in [-0.25, -0.2) is 0 Å². The Kier molecular flexibility index (Phi) is 1190. The van der Waals surface area contributed by atoms with E-state index in [9.17, 15) is 0 Å². The lowest BCUT2D eigenvalue weighted by molar-refractivity contribution is 1.85. The van der Waals surface area contributed by atoms with Gasteiger partial charge in [-0.15, -0.1) is 6.58 Å². The van der Waals surface area contributed by atoms with Gasteiger partial charge in [0.15, 0.2) is 0 Å². The summed E-state index contributed by atoms with van der Waals surface area (Å²) in [5.74, 6) is 0.778.